The summed E-state index contributed by atoms with van der Waals surface area (Å²) >= 11 is 0. The molecule has 2 atom stereocenters. The second-order valence-electron chi connectivity index (χ2n) is 10.0. The Morgan fingerprint density at radius 1 is 0.975 bits per heavy atom. The first-order chi connectivity index (χ1) is 19.1. The maximum atomic E-state index is 13.8. The van der Waals surface area contributed by atoms with Crippen molar-refractivity contribution >= 4 is 34.5 Å². The molecule has 1 N–H and O–H groups in total. The number of amides is 2. The van der Waals surface area contributed by atoms with Gasteiger partial charge in [0.2, 0.25) is 5.91 Å². The molecule has 0 spiro atoms. The van der Waals surface area contributed by atoms with Gasteiger partial charge < -0.3 is 14.5 Å². The van der Waals surface area contributed by atoms with Crippen molar-refractivity contribution in [3.8, 4) is 0 Å². The summed E-state index contributed by atoms with van der Waals surface area (Å²) in [5.74, 6) is -2.75. The molecule has 0 aliphatic carbocycles. The van der Waals surface area contributed by atoms with E-state index in [4.69, 9.17) is 9.15 Å². The van der Waals surface area contributed by atoms with Crippen molar-refractivity contribution in [2.24, 2.45) is 0 Å². The summed E-state index contributed by atoms with van der Waals surface area (Å²) in [6, 6.07) is 15.4. The highest BCUT2D eigenvalue weighted by Crippen LogP contribution is 2.42. The topological polar surface area (TPSA) is 123 Å². The first-order valence-electron chi connectivity index (χ1n) is 12.9. The van der Waals surface area contributed by atoms with Gasteiger partial charge in [0.25, 0.3) is 5.91 Å². The van der Waals surface area contributed by atoms with Crippen LogP contribution in [0, 0.1) is 6.92 Å². The molecule has 2 aromatic carbocycles. The summed E-state index contributed by atoms with van der Waals surface area (Å²) in [6.07, 6.45) is -1.58. The predicted molar refractivity (Wildman–Crippen MR) is 146 cm³/mol. The molecule has 1 aromatic heterocycles. The number of para-hydroxylation sites is 1. The van der Waals surface area contributed by atoms with E-state index in [9.17, 15) is 24.0 Å². The summed E-state index contributed by atoms with van der Waals surface area (Å²) in [5, 5.41) is 3.39. The van der Waals surface area contributed by atoms with Crippen LogP contribution < -0.4 is 10.7 Å². The summed E-state index contributed by atoms with van der Waals surface area (Å²) in [4.78, 5) is 66.3. The molecule has 2 aliphatic heterocycles. The Kier molecular flexibility index (Phi) is 6.97. The number of dihydropyridines is 1. The molecule has 3 aromatic rings. The Balaban J connectivity index is 1.53. The van der Waals surface area contributed by atoms with Crippen molar-refractivity contribution in [1.29, 1.82) is 0 Å². The third-order valence-electron chi connectivity index (χ3n) is 7.21. The van der Waals surface area contributed by atoms with E-state index < -0.39 is 29.8 Å². The average molecular weight is 541 g/mol. The average Bonchev–Trinajstić information content (AvgIpc) is 3.15. The second-order valence-corrected chi connectivity index (χ2v) is 10.0. The number of allylic oxidation sites excluding steroid dienone is 3. The number of ether oxygens (including phenoxy) is 1. The van der Waals surface area contributed by atoms with Crippen molar-refractivity contribution in [3.63, 3.8) is 0 Å². The van der Waals surface area contributed by atoms with E-state index in [1.165, 1.54) is 13.0 Å². The zero-order valence-corrected chi connectivity index (χ0v) is 22.6. The molecule has 0 saturated carbocycles. The van der Waals surface area contributed by atoms with Gasteiger partial charge in [-0.2, -0.15) is 0 Å². The van der Waals surface area contributed by atoms with Crippen LogP contribution in [0.3, 0.4) is 0 Å². The molecule has 1 saturated heterocycles. The number of aryl methyl sites for hydroxylation is 1. The number of imide groups is 1. The van der Waals surface area contributed by atoms with Crippen LogP contribution in [0.5, 0.6) is 0 Å². The highest BCUT2D eigenvalue weighted by Gasteiger charge is 2.44. The van der Waals surface area contributed by atoms with Crippen molar-refractivity contribution in [3.05, 3.63) is 104 Å². The number of rotatable bonds is 6. The van der Waals surface area contributed by atoms with E-state index in [2.05, 4.69) is 5.32 Å². The molecule has 3 heterocycles. The summed E-state index contributed by atoms with van der Waals surface area (Å²) in [7, 11) is 0. The molecule has 0 bridgehead atoms. The van der Waals surface area contributed by atoms with Crippen LogP contribution in [0.1, 0.15) is 50.0 Å². The number of likely N-dealkylation sites (tertiary alicyclic amines) is 1. The fraction of sp³-hybridized carbons (Fsp3) is 0.258. The molecule has 204 valence electrons. The number of ketones is 1. The molecule has 0 radical (unpaired) electrons. The third-order valence-corrected chi connectivity index (χ3v) is 7.21. The van der Waals surface area contributed by atoms with Gasteiger partial charge in [-0.25, -0.2) is 4.79 Å². The van der Waals surface area contributed by atoms with Crippen LogP contribution in [0.15, 0.2) is 86.3 Å². The molecule has 1 unspecified atom stereocenters. The van der Waals surface area contributed by atoms with Gasteiger partial charge in [0, 0.05) is 28.6 Å². The molecule has 1 fully saturated rings. The van der Waals surface area contributed by atoms with Gasteiger partial charge in [-0.15, -0.1) is 0 Å². The van der Waals surface area contributed by atoms with Crippen molar-refractivity contribution in [2.45, 2.75) is 52.7 Å². The van der Waals surface area contributed by atoms with E-state index in [-0.39, 0.29) is 35.3 Å². The van der Waals surface area contributed by atoms with E-state index in [0.717, 1.165) is 10.5 Å². The second kappa shape index (κ2) is 10.4. The van der Waals surface area contributed by atoms with E-state index >= 15 is 0 Å². The van der Waals surface area contributed by atoms with Gasteiger partial charge in [0.1, 0.15) is 11.3 Å². The number of benzene rings is 2. The normalized spacial score (nSPS) is 19.4. The zero-order valence-electron chi connectivity index (χ0n) is 22.6. The van der Waals surface area contributed by atoms with Gasteiger partial charge in [-0.05, 0) is 39.3 Å². The molecule has 2 aliphatic rings. The first kappa shape index (κ1) is 26.8. The van der Waals surface area contributed by atoms with Crippen molar-refractivity contribution in [2.75, 3.05) is 0 Å². The minimum Gasteiger partial charge on any atom is -0.461 e. The molecular formula is C31H28N2O7. The van der Waals surface area contributed by atoms with Gasteiger partial charge in [0.15, 0.2) is 17.3 Å². The van der Waals surface area contributed by atoms with Gasteiger partial charge >= 0.3 is 5.97 Å². The van der Waals surface area contributed by atoms with Gasteiger partial charge in [-0.3, -0.25) is 24.1 Å². The van der Waals surface area contributed by atoms with Crippen LogP contribution >= 0.6 is 0 Å². The molecule has 40 heavy (non-hydrogen) atoms. The Labute approximate surface area is 230 Å². The molecule has 2 amide bonds. The SMILES string of the molecule is CC(=O)C1=C(C)NC(C)=C(C(=O)O[C@H]2CC(=O)N(Cc3ccccc3)C2=O)C1c1cccc2c(=O)cc(C)oc12. The fourth-order valence-electron chi connectivity index (χ4n) is 5.46. The number of nitrogens with one attached hydrogen (secondary N) is 1. The van der Waals surface area contributed by atoms with Gasteiger partial charge in [-0.1, -0.05) is 42.5 Å². The fourth-order valence-corrected chi connectivity index (χ4v) is 5.46. The first-order valence-corrected chi connectivity index (χ1v) is 12.9. The molecular weight excluding hydrogens is 512 g/mol. The van der Waals surface area contributed by atoms with Crippen LogP contribution in [-0.4, -0.2) is 34.6 Å². The number of carbonyl (C=O) groups is 4. The monoisotopic (exact) mass is 540 g/mol. The Hall–Kier alpha value is -4.79. The number of fused-ring (bicyclic) bond motifs is 1. The van der Waals surface area contributed by atoms with Crippen molar-refractivity contribution in [1.82, 2.24) is 10.2 Å². The van der Waals surface area contributed by atoms with E-state index in [0.29, 0.717) is 33.7 Å². The summed E-state index contributed by atoms with van der Waals surface area (Å²) in [6.45, 7) is 6.50. The molecule has 5 rings (SSSR count). The molecule has 9 nitrogen and oxygen atoms in total. The Bertz CT molecular complexity index is 1700. The van der Waals surface area contributed by atoms with Gasteiger partial charge in [0.05, 0.1) is 29.8 Å². The lowest BCUT2D eigenvalue weighted by Gasteiger charge is -2.31. The summed E-state index contributed by atoms with van der Waals surface area (Å²) in [5.41, 5.74) is 2.56. The number of carbonyl (C=O) groups excluding carboxylic acids is 4. The number of hydrogen-bond acceptors (Lipinski definition) is 8. The molecule has 9 heteroatoms. The maximum absolute atomic E-state index is 13.8. The quantitative estimate of drug-likeness (QED) is 0.370. The predicted octanol–water partition coefficient (Wildman–Crippen LogP) is 3.80. The third kappa shape index (κ3) is 4.75. The Morgan fingerprint density at radius 3 is 2.38 bits per heavy atom. The van der Waals surface area contributed by atoms with E-state index in [1.807, 2.05) is 18.2 Å². The van der Waals surface area contributed by atoms with Crippen LogP contribution in [0.25, 0.3) is 11.0 Å². The number of hydrogen-bond donors (Lipinski definition) is 1. The number of Topliss-reactive ketones (excluding diaryl/α,β-unsaturated/α-hetero) is 1. The van der Waals surface area contributed by atoms with Crippen molar-refractivity contribution < 1.29 is 28.3 Å². The maximum Gasteiger partial charge on any atom is 0.337 e. The smallest absolute Gasteiger partial charge is 0.337 e. The minimum atomic E-state index is -1.30. The zero-order chi connectivity index (χ0) is 28.7. The lowest BCUT2D eigenvalue weighted by atomic mass is 9.78. The van der Waals surface area contributed by atoms with Crippen LogP contribution in [0.4, 0.5) is 0 Å². The Morgan fingerprint density at radius 2 is 1.68 bits per heavy atom. The summed E-state index contributed by atoms with van der Waals surface area (Å²) < 4.78 is 11.6. The standard InChI is InChI=1S/C31H28N2O7/c1-16-13-23(35)21-11-8-12-22(29(21)39-16)28-26(19(4)34)17(2)32-18(3)27(28)31(38)40-24-14-25(36)33(30(24)37)15-20-9-6-5-7-10-20/h5-13,24,28,32H,14-15H2,1-4H3/t24-,28?/m0/s1. The highest BCUT2D eigenvalue weighted by molar-refractivity contribution is 6.07. The van der Waals surface area contributed by atoms with E-state index in [1.54, 1.807) is 51.1 Å². The van der Waals surface area contributed by atoms with Crippen LogP contribution in [0.2, 0.25) is 0 Å². The largest absolute Gasteiger partial charge is 0.461 e. The minimum absolute atomic E-state index is 0.0727. The highest BCUT2D eigenvalue weighted by atomic mass is 16.5. The number of nitrogens with zero attached hydrogens (tertiary/aromatic N) is 1. The number of esters is 1. The van der Waals surface area contributed by atoms with Crippen LogP contribution in [-0.2, 0) is 30.5 Å². The lowest BCUT2D eigenvalue weighted by molar-refractivity contribution is -0.153. The lowest BCUT2D eigenvalue weighted by Crippen LogP contribution is -2.36.